The minimum atomic E-state index is -0.686. The van der Waals surface area contributed by atoms with Crippen LogP contribution in [0.2, 0.25) is 0 Å². The van der Waals surface area contributed by atoms with Gasteiger partial charge < -0.3 is 15.0 Å². The molecule has 0 bridgehead atoms. The number of hydrogen-bond donors (Lipinski definition) is 1. The summed E-state index contributed by atoms with van der Waals surface area (Å²) in [4.78, 5) is 26.1. The van der Waals surface area contributed by atoms with Crippen LogP contribution >= 0.6 is 0 Å². The molecular weight excluding hydrogens is 304 g/mol. The molecule has 2 aromatic rings. The Kier molecular flexibility index (Phi) is 5.58. The van der Waals surface area contributed by atoms with E-state index in [0.29, 0.717) is 17.0 Å². The summed E-state index contributed by atoms with van der Waals surface area (Å²) < 4.78 is 5.72. The fraction of sp³-hybridized carbons (Fsp3) is 0.263. The monoisotopic (exact) mass is 326 g/mol. The molecule has 1 N–H and O–H groups in total. The van der Waals surface area contributed by atoms with Crippen molar-refractivity contribution < 1.29 is 14.3 Å². The van der Waals surface area contributed by atoms with E-state index in [1.54, 1.807) is 45.3 Å². The number of aryl methyl sites for hydroxylation is 1. The zero-order chi connectivity index (χ0) is 17.7. The molecule has 0 aliphatic rings. The predicted octanol–water partition coefficient (Wildman–Crippen LogP) is 3.10. The Bertz CT molecular complexity index is 741. The molecule has 0 heterocycles. The molecule has 0 spiro atoms. The van der Waals surface area contributed by atoms with Crippen LogP contribution in [0.3, 0.4) is 0 Å². The maximum atomic E-state index is 12.4. The van der Waals surface area contributed by atoms with E-state index in [4.69, 9.17) is 4.74 Å². The molecule has 2 rings (SSSR count). The average molecular weight is 326 g/mol. The van der Waals surface area contributed by atoms with Crippen molar-refractivity contribution in [2.45, 2.75) is 20.0 Å². The first-order valence-corrected chi connectivity index (χ1v) is 7.74. The maximum Gasteiger partial charge on any atom is 0.265 e. The average Bonchev–Trinajstić information content (AvgIpc) is 2.56. The van der Waals surface area contributed by atoms with E-state index in [2.05, 4.69) is 5.32 Å². The summed E-state index contributed by atoms with van der Waals surface area (Å²) in [6, 6.07) is 14.4. The highest BCUT2D eigenvalue weighted by molar-refractivity contribution is 6.04. The van der Waals surface area contributed by atoms with Crippen molar-refractivity contribution in [2.24, 2.45) is 0 Å². The third-order valence-corrected chi connectivity index (χ3v) is 3.59. The van der Waals surface area contributed by atoms with Crippen molar-refractivity contribution in [1.82, 2.24) is 4.90 Å². The van der Waals surface area contributed by atoms with Gasteiger partial charge in [0.2, 0.25) is 0 Å². The van der Waals surface area contributed by atoms with Crippen molar-refractivity contribution >= 4 is 17.5 Å². The summed E-state index contributed by atoms with van der Waals surface area (Å²) in [5.74, 6) is 0.188. The smallest absolute Gasteiger partial charge is 0.265 e. The molecule has 5 nitrogen and oxygen atoms in total. The lowest BCUT2D eigenvalue weighted by Crippen LogP contribution is -2.31. The molecule has 24 heavy (non-hydrogen) atoms. The molecule has 0 aliphatic carbocycles. The Labute approximate surface area is 142 Å². The third kappa shape index (κ3) is 4.13. The highest BCUT2D eigenvalue weighted by Crippen LogP contribution is 2.20. The Morgan fingerprint density at radius 2 is 1.67 bits per heavy atom. The van der Waals surface area contributed by atoms with Gasteiger partial charge in [0.1, 0.15) is 5.75 Å². The first-order chi connectivity index (χ1) is 11.4. The number of benzene rings is 2. The van der Waals surface area contributed by atoms with Crippen LogP contribution in [0.15, 0.2) is 48.5 Å². The maximum absolute atomic E-state index is 12.4. The van der Waals surface area contributed by atoms with E-state index in [0.717, 1.165) is 5.56 Å². The van der Waals surface area contributed by atoms with Gasteiger partial charge in [-0.05, 0) is 37.6 Å². The molecule has 1 atom stereocenters. The molecule has 0 aliphatic heterocycles. The number of nitrogens with one attached hydrogen (secondary N) is 1. The van der Waals surface area contributed by atoms with Gasteiger partial charge in [0.15, 0.2) is 6.10 Å². The number of carbonyl (C=O) groups is 2. The number of hydrogen-bond acceptors (Lipinski definition) is 3. The molecule has 0 saturated carbocycles. The Morgan fingerprint density at radius 1 is 1.04 bits per heavy atom. The quantitative estimate of drug-likeness (QED) is 0.918. The number of ether oxygens (including phenoxy) is 1. The summed E-state index contributed by atoms with van der Waals surface area (Å²) >= 11 is 0. The lowest BCUT2D eigenvalue weighted by molar-refractivity contribution is -0.122. The van der Waals surface area contributed by atoms with E-state index in [1.807, 2.05) is 31.2 Å². The summed E-state index contributed by atoms with van der Waals surface area (Å²) in [5, 5.41) is 2.77. The number of amides is 2. The normalized spacial score (nSPS) is 11.5. The highest BCUT2D eigenvalue weighted by atomic mass is 16.5. The topological polar surface area (TPSA) is 58.6 Å². The Morgan fingerprint density at radius 3 is 2.33 bits per heavy atom. The van der Waals surface area contributed by atoms with Crippen LogP contribution in [0.1, 0.15) is 22.8 Å². The van der Waals surface area contributed by atoms with Gasteiger partial charge in [-0.1, -0.05) is 30.3 Å². The molecule has 126 valence electrons. The number of carbonyl (C=O) groups excluding carboxylic acids is 2. The fourth-order valence-electron chi connectivity index (χ4n) is 2.19. The first-order valence-electron chi connectivity index (χ1n) is 7.74. The van der Waals surface area contributed by atoms with E-state index in [-0.39, 0.29) is 11.8 Å². The van der Waals surface area contributed by atoms with Gasteiger partial charge >= 0.3 is 0 Å². The SMILES string of the molecule is Cc1ccccc1OC(C)C(=O)Nc1ccccc1C(=O)N(C)C. The summed E-state index contributed by atoms with van der Waals surface area (Å²) in [6.45, 7) is 3.60. The molecule has 5 heteroatoms. The minimum Gasteiger partial charge on any atom is -0.481 e. The van der Waals surface area contributed by atoms with Gasteiger partial charge in [-0.2, -0.15) is 0 Å². The molecule has 0 saturated heterocycles. The lowest BCUT2D eigenvalue weighted by Gasteiger charge is -2.18. The number of para-hydroxylation sites is 2. The van der Waals surface area contributed by atoms with Crippen molar-refractivity contribution in [3.05, 3.63) is 59.7 Å². The van der Waals surface area contributed by atoms with E-state index >= 15 is 0 Å². The van der Waals surface area contributed by atoms with Crippen molar-refractivity contribution in [3.63, 3.8) is 0 Å². The molecule has 2 aromatic carbocycles. The fourth-order valence-corrected chi connectivity index (χ4v) is 2.19. The second-order valence-corrected chi connectivity index (χ2v) is 5.76. The van der Waals surface area contributed by atoms with Crippen LogP contribution in [-0.4, -0.2) is 36.9 Å². The van der Waals surface area contributed by atoms with Crippen LogP contribution in [0, 0.1) is 6.92 Å². The Balaban J connectivity index is 2.12. The van der Waals surface area contributed by atoms with Gasteiger partial charge in [0.25, 0.3) is 11.8 Å². The van der Waals surface area contributed by atoms with Gasteiger partial charge in [0.05, 0.1) is 11.3 Å². The van der Waals surface area contributed by atoms with Crippen LogP contribution in [0.5, 0.6) is 5.75 Å². The summed E-state index contributed by atoms with van der Waals surface area (Å²) in [5.41, 5.74) is 1.88. The number of anilines is 1. The second kappa shape index (κ2) is 7.64. The molecular formula is C19H22N2O3. The molecule has 2 amide bonds. The van der Waals surface area contributed by atoms with Crippen molar-refractivity contribution in [1.29, 1.82) is 0 Å². The lowest BCUT2D eigenvalue weighted by atomic mass is 10.1. The second-order valence-electron chi connectivity index (χ2n) is 5.76. The van der Waals surface area contributed by atoms with Crippen LogP contribution in [-0.2, 0) is 4.79 Å². The van der Waals surface area contributed by atoms with Crippen LogP contribution < -0.4 is 10.1 Å². The third-order valence-electron chi connectivity index (χ3n) is 3.59. The number of rotatable bonds is 5. The largest absolute Gasteiger partial charge is 0.481 e. The van der Waals surface area contributed by atoms with E-state index in [9.17, 15) is 9.59 Å². The molecule has 1 unspecified atom stereocenters. The van der Waals surface area contributed by atoms with Crippen molar-refractivity contribution in [3.8, 4) is 5.75 Å². The van der Waals surface area contributed by atoms with Crippen LogP contribution in [0.25, 0.3) is 0 Å². The van der Waals surface area contributed by atoms with Gasteiger partial charge in [-0.25, -0.2) is 0 Å². The Hall–Kier alpha value is -2.82. The first kappa shape index (κ1) is 17.5. The zero-order valence-electron chi connectivity index (χ0n) is 14.4. The summed E-state index contributed by atoms with van der Waals surface area (Å²) in [6.07, 6.45) is -0.686. The van der Waals surface area contributed by atoms with E-state index in [1.165, 1.54) is 4.90 Å². The minimum absolute atomic E-state index is 0.168. The van der Waals surface area contributed by atoms with Gasteiger partial charge in [-0.3, -0.25) is 9.59 Å². The molecule has 0 fully saturated rings. The molecule has 0 radical (unpaired) electrons. The van der Waals surface area contributed by atoms with Crippen molar-refractivity contribution in [2.75, 3.05) is 19.4 Å². The standard InChI is InChI=1S/C19H22N2O3/c1-13-9-5-8-12-17(13)24-14(2)18(22)20-16-11-7-6-10-15(16)19(23)21(3)4/h5-12,14H,1-4H3,(H,20,22). The molecule has 0 aromatic heterocycles. The highest BCUT2D eigenvalue weighted by Gasteiger charge is 2.19. The van der Waals surface area contributed by atoms with Gasteiger partial charge in [-0.15, -0.1) is 0 Å². The van der Waals surface area contributed by atoms with Gasteiger partial charge in [0, 0.05) is 14.1 Å². The zero-order valence-corrected chi connectivity index (χ0v) is 14.4. The van der Waals surface area contributed by atoms with Crippen LogP contribution in [0.4, 0.5) is 5.69 Å². The number of nitrogens with zero attached hydrogens (tertiary/aromatic N) is 1. The summed E-state index contributed by atoms with van der Waals surface area (Å²) in [7, 11) is 3.34. The van der Waals surface area contributed by atoms with E-state index < -0.39 is 6.10 Å². The predicted molar refractivity (Wildman–Crippen MR) is 94.4 cm³/mol.